The summed E-state index contributed by atoms with van der Waals surface area (Å²) in [4.78, 5) is 22.5. The van der Waals surface area contributed by atoms with Crippen molar-refractivity contribution in [3.63, 3.8) is 0 Å². The highest BCUT2D eigenvalue weighted by atomic mass is 32.2. The number of sulfonamides is 1. The molecule has 4 rings (SSSR count). The van der Waals surface area contributed by atoms with Gasteiger partial charge in [0.1, 0.15) is 11.6 Å². The number of nitrogens with two attached hydrogens (primary N) is 1. The van der Waals surface area contributed by atoms with Gasteiger partial charge in [-0.3, -0.25) is 4.79 Å². The molecule has 11 heteroatoms. The van der Waals surface area contributed by atoms with Gasteiger partial charge in [0.15, 0.2) is 0 Å². The number of ether oxygens (including phenoxy) is 2. The maximum absolute atomic E-state index is 12.8. The zero-order valence-corrected chi connectivity index (χ0v) is 17.8. The molecule has 1 amide bonds. The maximum Gasteiger partial charge on any atom is 0.316 e. The van der Waals surface area contributed by atoms with E-state index in [9.17, 15) is 13.2 Å². The van der Waals surface area contributed by atoms with Gasteiger partial charge in [-0.05, 0) is 24.5 Å². The maximum atomic E-state index is 12.8. The Morgan fingerprint density at radius 3 is 2.81 bits per heavy atom. The van der Waals surface area contributed by atoms with Crippen LogP contribution in [-0.4, -0.2) is 61.8 Å². The van der Waals surface area contributed by atoms with Crippen LogP contribution in [-0.2, 0) is 15.8 Å². The van der Waals surface area contributed by atoms with Crippen molar-refractivity contribution in [3.8, 4) is 11.8 Å². The van der Waals surface area contributed by atoms with Crippen LogP contribution in [0.2, 0.25) is 0 Å². The van der Waals surface area contributed by atoms with Gasteiger partial charge in [0.05, 0.1) is 30.6 Å². The van der Waals surface area contributed by atoms with E-state index in [0.29, 0.717) is 42.1 Å². The fourth-order valence-corrected chi connectivity index (χ4v) is 4.93. The summed E-state index contributed by atoms with van der Waals surface area (Å²) in [6.45, 7) is 1.57. The minimum Gasteiger partial charge on any atom is -0.492 e. The Balaban J connectivity index is 1.42. The van der Waals surface area contributed by atoms with Crippen molar-refractivity contribution in [3.05, 3.63) is 47.3 Å². The first kappa shape index (κ1) is 21.0. The molecule has 0 radical (unpaired) electrons. The number of carbonyl (C=O) groups excluding carboxylic acids is 1. The first-order chi connectivity index (χ1) is 14.9. The third-order valence-electron chi connectivity index (χ3n) is 5.28. The monoisotopic (exact) mass is 445 g/mol. The fraction of sp³-hybridized carbons (Fsp3) is 0.400. The zero-order chi connectivity index (χ0) is 22.0. The Hall–Kier alpha value is -3.21. The van der Waals surface area contributed by atoms with Gasteiger partial charge < -0.3 is 20.1 Å². The van der Waals surface area contributed by atoms with Crippen molar-refractivity contribution in [2.24, 2.45) is 16.0 Å². The number of fused-ring (bicyclic) bond motifs is 1. The van der Waals surface area contributed by atoms with Crippen molar-refractivity contribution >= 4 is 21.8 Å². The topological polar surface area (TPSA) is 137 Å². The number of amides is 1. The lowest BCUT2D eigenvalue weighted by atomic mass is 9.98. The highest BCUT2D eigenvalue weighted by Gasteiger charge is 2.28. The van der Waals surface area contributed by atoms with E-state index in [1.165, 1.54) is 19.5 Å². The fourth-order valence-electron chi connectivity index (χ4n) is 3.84. The Bertz CT molecular complexity index is 1120. The van der Waals surface area contributed by atoms with Crippen LogP contribution in [0, 0.1) is 5.92 Å². The van der Waals surface area contributed by atoms with Crippen LogP contribution < -0.4 is 15.2 Å². The van der Waals surface area contributed by atoms with E-state index in [1.807, 2.05) is 0 Å². The quantitative estimate of drug-likeness (QED) is 0.719. The van der Waals surface area contributed by atoms with Crippen LogP contribution in [0.5, 0.6) is 11.8 Å². The minimum atomic E-state index is -3.60. The van der Waals surface area contributed by atoms with Gasteiger partial charge >= 0.3 is 6.01 Å². The molecule has 2 aromatic rings. The Morgan fingerprint density at radius 2 is 2.06 bits per heavy atom. The number of hydrogen-bond acceptors (Lipinski definition) is 8. The molecule has 2 N–H and O–H groups in total. The second kappa shape index (κ2) is 8.50. The summed E-state index contributed by atoms with van der Waals surface area (Å²) in [5.41, 5.74) is 7.40. The molecule has 1 saturated heterocycles. The van der Waals surface area contributed by atoms with Crippen molar-refractivity contribution < 1.29 is 22.7 Å². The summed E-state index contributed by atoms with van der Waals surface area (Å²) in [5.74, 6) is 0.234. The highest BCUT2D eigenvalue weighted by Crippen LogP contribution is 2.29. The highest BCUT2D eigenvalue weighted by molar-refractivity contribution is 7.89. The molecule has 0 saturated carbocycles. The predicted molar refractivity (Wildman–Crippen MR) is 112 cm³/mol. The van der Waals surface area contributed by atoms with E-state index in [4.69, 9.17) is 15.2 Å². The normalized spacial score (nSPS) is 19.8. The Labute approximate surface area is 180 Å². The Kier molecular flexibility index (Phi) is 5.77. The van der Waals surface area contributed by atoms with Gasteiger partial charge in [-0.1, -0.05) is 12.1 Å². The number of piperidine rings is 1. The lowest BCUT2D eigenvalue weighted by molar-refractivity contribution is 0.0632. The van der Waals surface area contributed by atoms with Crippen molar-refractivity contribution in [1.82, 2.24) is 14.9 Å². The standard InChI is InChI=1S/C20H23N5O5S/c1-29-20-22-8-15(9-23-20)19(26)25-7-3-4-13(10-25)11-30-16-6-2-5-14-12-31(27,28)24-18(21)17(14)16/h2,5-6,8-9,13H,3-4,7,10-12H2,1H3,(H2,21,24)/t13-/m0/s1. The zero-order valence-electron chi connectivity index (χ0n) is 17.0. The summed E-state index contributed by atoms with van der Waals surface area (Å²) in [6, 6.07) is 5.41. The van der Waals surface area contributed by atoms with Gasteiger partial charge in [-0.2, -0.15) is 0 Å². The summed E-state index contributed by atoms with van der Waals surface area (Å²) >= 11 is 0. The van der Waals surface area contributed by atoms with E-state index in [-0.39, 0.29) is 29.4 Å². The van der Waals surface area contributed by atoms with Gasteiger partial charge in [-0.15, -0.1) is 4.40 Å². The molecule has 1 atom stereocenters. The van der Waals surface area contributed by atoms with E-state index in [0.717, 1.165) is 12.8 Å². The molecule has 0 unspecified atom stereocenters. The molecule has 164 valence electrons. The second-order valence-electron chi connectivity index (χ2n) is 7.52. The summed E-state index contributed by atoms with van der Waals surface area (Å²) < 4.78 is 38.2. The molecule has 1 aromatic heterocycles. The van der Waals surface area contributed by atoms with Crippen molar-refractivity contribution in [1.29, 1.82) is 0 Å². The third kappa shape index (κ3) is 4.61. The summed E-state index contributed by atoms with van der Waals surface area (Å²) in [5, 5.41) is 0. The number of methoxy groups -OCH3 is 1. The van der Waals surface area contributed by atoms with Crippen LogP contribution in [0.4, 0.5) is 0 Å². The van der Waals surface area contributed by atoms with E-state index in [1.54, 1.807) is 23.1 Å². The molecule has 0 spiro atoms. The lowest BCUT2D eigenvalue weighted by Gasteiger charge is -2.32. The number of likely N-dealkylation sites (tertiary alicyclic amines) is 1. The molecule has 2 aliphatic rings. The molecule has 31 heavy (non-hydrogen) atoms. The van der Waals surface area contributed by atoms with Crippen LogP contribution in [0.1, 0.15) is 34.3 Å². The molecule has 1 aromatic carbocycles. The van der Waals surface area contributed by atoms with E-state index < -0.39 is 10.0 Å². The van der Waals surface area contributed by atoms with Crippen LogP contribution in [0.15, 0.2) is 35.0 Å². The Morgan fingerprint density at radius 1 is 1.29 bits per heavy atom. The van der Waals surface area contributed by atoms with E-state index >= 15 is 0 Å². The van der Waals surface area contributed by atoms with Gasteiger partial charge in [0.25, 0.3) is 15.9 Å². The van der Waals surface area contributed by atoms with Gasteiger partial charge in [-0.25, -0.2) is 18.4 Å². The largest absolute Gasteiger partial charge is 0.492 e. The number of nitrogens with zero attached hydrogens (tertiary/aromatic N) is 4. The number of rotatable bonds is 5. The van der Waals surface area contributed by atoms with Gasteiger partial charge in [0, 0.05) is 31.4 Å². The lowest BCUT2D eigenvalue weighted by Crippen LogP contribution is -2.41. The van der Waals surface area contributed by atoms with Crippen molar-refractivity contribution in [2.45, 2.75) is 18.6 Å². The predicted octanol–water partition coefficient (Wildman–Crippen LogP) is 0.965. The molecule has 2 aliphatic heterocycles. The average Bonchev–Trinajstić information content (AvgIpc) is 2.76. The first-order valence-electron chi connectivity index (χ1n) is 9.85. The summed E-state index contributed by atoms with van der Waals surface area (Å²) in [6.07, 6.45) is 4.68. The third-order valence-corrected chi connectivity index (χ3v) is 6.43. The SMILES string of the molecule is COc1ncc(C(=O)N2CCC[C@H](COc3cccc4c3C(N)=NS(=O)(=O)C4)C2)cn1. The van der Waals surface area contributed by atoms with Crippen LogP contribution in [0.25, 0.3) is 0 Å². The first-order valence-corrected chi connectivity index (χ1v) is 11.5. The molecule has 0 bridgehead atoms. The number of benzene rings is 1. The number of carbonyl (C=O) groups is 1. The molecule has 1 fully saturated rings. The molecular weight excluding hydrogens is 422 g/mol. The minimum absolute atomic E-state index is 0.0585. The van der Waals surface area contributed by atoms with Crippen molar-refractivity contribution in [2.75, 3.05) is 26.8 Å². The molecule has 10 nitrogen and oxygen atoms in total. The average molecular weight is 446 g/mol. The van der Waals surface area contributed by atoms with Gasteiger partial charge in [0.2, 0.25) is 0 Å². The molecular formula is C20H23N5O5S. The van der Waals surface area contributed by atoms with E-state index in [2.05, 4.69) is 14.4 Å². The van der Waals surface area contributed by atoms with Crippen LogP contribution >= 0.6 is 0 Å². The number of hydrogen-bond donors (Lipinski definition) is 1. The number of amidine groups is 1. The molecule has 3 heterocycles. The smallest absolute Gasteiger partial charge is 0.316 e. The number of aromatic nitrogens is 2. The van der Waals surface area contributed by atoms with Crippen LogP contribution in [0.3, 0.4) is 0 Å². The summed E-state index contributed by atoms with van der Waals surface area (Å²) in [7, 11) is -2.13. The second-order valence-corrected chi connectivity index (χ2v) is 9.16. The molecule has 0 aliphatic carbocycles.